The zero-order chi connectivity index (χ0) is 23.2. The van der Waals surface area contributed by atoms with Gasteiger partial charge in [0.25, 0.3) is 11.8 Å². The van der Waals surface area contributed by atoms with Crippen LogP contribution in [0.5, 0.6) is 5.75 Å². The van der Waals surface area contributed by atoms with Crippen molar-refractivity contribution in [2.75, 3.05) is 26.2 Å². The Labute approximate surface area is 198 Å². The summed E-state index contributed by atoms with van der Waals surface area (Å²) in [5, 5.41) is 4.02. The zero-order valence-electron chi connectivity index (χ0n) is 18.8. The molecule has 7 nitrogen and oxygen atoms in total. The number of rotatable bonds is 7. The summed E-state index contributed by atoms with van der Waals surface area (Å²) in [5.74, 6) is 1.36. The second-order valence-corrected chi connectivity index (χ2v) is 8.22. The van der Waals surface area contributed by atoms with E-state index in [1.54, 1.807) is 12.1 Å². The first-order valence-corrected chi connectivity index (χ1v) is 11.4. The SMILES string of the molecule is O=C(c1ccccc1OCc1nc(-c2ccccc2)no1)N1CCN(Cc2ccccc2)CC1. The number of hydrogen-bond donors (Lipinski definition) is 0. The summed E-state index contributed by atoms with van der Waals surface area (Å²) in [4.78, 5) is 21.9. The molecule has 1 fully saturated rings. The Kier molecular flexibility index (Phi) is 6.63. The lowest BCUT2D eigenvalue weighted by molar-refractivity contribution is 0.0623. The van der Waals surface area contributed by atoms with Gasteiger partial charge in [0.05, 0.1) is 5.56 Å². The number of aromatic nitrogens is 2. The van der Waals surface area contributed by atoms with Crippen LogP contribution in [0.3, 0.4) is 0 Å². The molecule has 1 aliphatic heterocycles. The number of amides is 1. The Morgan fingerprint density at radius 2 is 1.53 bits per heavy atom. The van der Waals surface area contributed by atoms with E-state index in [0.717, 1.165) is 25.2 Å². The van der Waals surface area contributed by atoms with Crippen LogP contribution in [-0.4, -0.2) is 52.0 Å². The van der Waals surface area contributed by atoms with E-state index in [1.165, 1.54) is 5.56 Å². The van der Waals surface area contributed by atoms with Gasteiger partial charge in [-0.05, 0) is 17.7 Å². The van der Waals surface area contributed by atoms with Gasteiger partial charge >= 0.3 is 0 Å². The lowest BCUT2D eigenvalue weighted by atomic mass is 10.1. The van der Waals surface area contributed by atoms with Crippen molar-refractivity contribution >= 4 is 5.91 Å². The lowest BCUT2D eigenvalue weighted by Crippen LogP contribution is -2.48. The van der Waals surface area contributed by atoms with Gasteiger partial charge in [0, 0.05) is 38.3 Å². The molecule has 0 atom stereocenters. The quantitative estimate of drug-likeness (QED) is 0.415. The molecule has 0 spiro atoms. The third-order valence-corrected chi connectivity index (χ3v) is 5.88. The fourth-order valence-corrected chi connectivity index (χ4v) is 4.05. The number of carbonyl (C=O) groups excluding carboxylic acids is 1. The maximum absolute atomic E-state index is 13.3. The Bertz CT molecular complexity index is 1220. The summed E-state index contributed by atoms with van der Waals surface area (Å²) in [6.45, 7) is 4.04. The fraction of sp³-hybridized carbons (Fsp3) is 0.222. The van der Waals surface area contributed by atoms with Crippen LogP contribution < -0.4 is 4.74 Å². The predicted molar refractivity (Wildman–Crippen MR) is 128 cm³/mol. The molecule has 1 amide bonds. The van der Waals surface area contributed by atoms with Crippen LogP contribution in [0.1, 0.15) is 21.8 Å². The van der Waals surface area contributed by atoms with Crippen LogP contribution in [0, 0.1) is 0 Å². The second-order valence-electron chi connectivity index (χ2n) is 8.22. The van der Waals surface area contributed by atoms with E-state index in [2.05, 4.69) is 39.3 Å². The summed E-state index contributed by atoms with van der Waals surface area (Å²) < 4.78 is 11.3. The summed E-state index contributed by atoms with van der Waals surface area (Å²) in [6.07, 6.45) is 0. The van der Waals surface area contributed by atoms with E-state index in [9.17, 15) is 4.79 Å². The van der Waals surface area contributed by atoms with Gasteiger partial charge in [0.1, 0.15) is 5.75 Å². The van der Waals surface area contributed by atoms with Crippen molar-refractivity contribution in [2.45, 2.75) is 13.2 Å². The Hall–Kier alpha value is -3.97. The molecule has 0 N–H and O–H groups in total. The number of benzene rings is 3. The number of hydrogen-bond acceptors (Lipinski definition) is 6. The number of ether oxygens (including phenoxy) is 1. The van der Waals surface area contributed by atoms with Crippen molar-refractivity contribution in [3.63, 3.8) is 0 Å². The summed E-state index contributed by atoms with van der Waals surface area (Å²) in [5.41, 5.74) is 2.71. The van der Waals surface area contributed by atoms with Gasteiger partial charge in [0.15, 0.2) is 6.61 Å². The minimum absolute atomic E-state index is 0.0227. The molecule has 172 valence electrons. The standard InChI is InChI=1S/C27H26N4O3/c32-27(31-17-15-30(16-18-31)19-21-9-3-1-4-10-21)23-13-7-8-14-24(23)33-20-25-28-26(29-34-25)22-11-5-2-6-12-22/h1-14H,15-20H2. The van der Waals surface area contributed by atoms with Gasteiger partial charge < -0.3 is 14.2 Å². The Morgan fingerprint density at radius 1 is 0.853 bits per heavy atom. The number of carbonyl (C=O) groups is 1. The molecule has 0 aliphatic carbocycles. The topological polar surface area (TPSA) is 71.7 Å². The molecule has 7 heteroatoms. The minimum atomic E-state index is -0.0227. The monoisotopic (exact) mass is 454 g/mol. The molecular weight excluding hydrogens is 428 g/mol. The van der Waals surface area contributed by atoms with E-state index >= 15 is 0 Å². The van der Waals surface area contributed by atoms with Crippen LogP contribution >= 0.6 is 0 Å². The number of para-hydroxylation sites is 1. The van der Waals surface area contributed by atoms with E-state index in [0.29, 0.717) is 36.1 Å². The molecule has 0 bridgehead atoms. The fourth-order valence-electron chi connectivity index (χ4n) is 4.05. The molecule has 1 aromatic heterocycles. The van der Waals surface area contributed by atoms with Crippen molar-refractivity contribution in [1.82, 2.24) is 19.9 Å². The number of piperazine rings is 1. The minimum Gasteiger partial charge on any atom is -0.483 e. The van der Waals surface area contributed by atoms with Crippen molar-refractivity contribution in [2.24, 2.45) is 0 Å². The van der Waals surface area contributed by atoms with Crippen LogP contribution in [0.4, 0.5) is 0 Å². The van der Waals surface area contributed by atoms with Crippen molar-refractivity contribution in [3.8, 4) is 17.1 Å². The molecule has 1 saturated heterocycles. The lowest BCUT2D eigenvalue weighted by Gasteiger charge is -2.35. The average Bonchev–Trinajstić information content (AvgIpc) is 3.38. The molecule has 4 aromatic rings. The van der Waals surface area contributed by atoms with Crippen molar-refractivity contribution in [1.29, 1.82) is 0 Å². The average molecular weight is 455 g/mol. The predicted octanol–water partition coefficient (Wildman–Crippen LogP) is 4.27. The molecular formula is C27H26N4O3. The summed E-state index contributed by atoms with van der Waals surface area (Å²) in [7, 11) is 0. The van der Waals surface area contributed by atoms with E-state index < -0.39 is 0 Å². The molecule has 0 unspecified atom stereocenters. The highest BCUT2D eigenvalue weighted by Gasteiger charge is 2.24. The largest absolute Gasteiger partial charge is 0.483 e. The van der Waals surface area contributed by atoms with Crippen molar-refractivity contribution in [3.05, 3.63) is 102 Å². The Morgan fingerprint density at radius 3 is 2.29 bits per heavy atom. The van der Waals surface area contributed by atoms with Crippen LogP contribution in [0.2, 0.25) is 0 Å². The highest BCUT2D eigenvalue weighted by molar-refractivity contribution is 5.97. The smallest absolute Gasteiger partial charge is 0.264 e. The van der Waals surface area contributed by atoms with Crippen LogP contribution in [0.25, 0.3) is 11.4 Å². The molecule has 3 aromatic carbocycles. The summed E-state index contributed by atoms with van der Waals surface area (Å²) in [6, 6.07) is 27.3. The third kappa shape index (κ3) is 5.15. The number of nitrogens with zero attached hydrogens (tertiary/aromatic N) is 4. The first-order valence-electron chi connectivity index (χ1n) is 11.4. The van der Waals surface area contributed by atoms with Gasteiger partial charge in [0.2, 0.25) is 5.82 Å². The first kappa shape index (κ1) is 21.9. The molecule has 0 saturated carbocycles. The van der Waals surface area contributed by atoms with Gasteiger partial charge in [-0.1, -0.05) is 78.0 Å². The normalized spacial score (nSPS) is 14.2. The van der Waals surface area contributed by atoms with E-state index in [1.807, 2.05) is 53.4 Å². The molecule has 5 rings (SSSR count). The Balaban J connectivity index is 1.19. The van der Waals surface area contributed by atoms with E-state index in [-0.39, 0.29) is 12.5 Å². The summed E-state index contributed by atoms with van der Waals surface area (Å²) >= 11 is 0. The van der Waals surface area contributed by atoms with Gasteiger partial charge in [-0.3, -0.25) is 9.69 Å². The van der Waals surface area contributed by atoms with Crippen LogP contribution in [-0.2, 0) is 13.2 Å². The molecule has 0 radical (unpaired) electrons. The highest BCUT2D eigenvalue weighted by Crippen LogP contribution is 2.23. The third-order valence-electron chi connectivity index (χ3n) is 5.88. The van der Waals surface area contributed by atoms with E-state index in [4.69, 9.17) is 9.26 Å². The van der Waals surface area contributed by atoms with Gasteiger partial charge in [-0.15, -0.1) is 0 Å². The zero-order valence-corrected chi connectivity index (χ0v) is 18.8. The second kappa shape index (κ2) is 10.3. The van der Waals surface area contributed by atoms with Crippen molar-refractivity contribution < 1.29 is 14.1 Å². The molecule has 2 heterocycles. The molecule has 34 heavy (non-hydrogen) atoms. The first-order chi connectivity index (χ1) is 16.8. The maximum Gasteiger partial charge on any atom is 0.264 e. The van der Waals surface area contributed by atoms with Gasteiger partial charge in [-0.25, -0.2) is 0 Å². The van der Waals surface area contributed by atoms with Crippen LogP contribution in [0.15, 0.2) is 89.5 Å². The highest BCUT2D eigenvalue weighted by atomic mass is 16.5. The van der Waals surface area contributed by atoms with Gasteiger partial charge in [-0.2, -0.15) is 4.98 Å². The maximum atomic E-state index is 13.3. The molecule has 1 aliphatic rings.